The van der Waals surface area contributed by atoms with E-state index in [1.165, 1.54) is 4.90 Å². The molecule has 2 amide bonds. The van der Waals surface area contributed by atoms with Crippen LogP contribution >= 0.6 is 0 Å². The number of nitrogens with two attached hydrogens (primary N) is 1. The number of carbonyl (C=O) groups excluding carboxylic acids is 2. The summed E-state index contributed by atoms with van der Waals surface area (Å²) in [5, 5.41) is 9.28. The monoisotopic (exact) mass is 326 g/mol. The van der Waals surface area contributed by atoms with Crippen LogP contribution in [0.2, 0.25) is 0 Å². The molecule has 0 spiro atoms. The van der Waals surface area contributed by atoms with E-state index in [2.05, 4.69) is 6.07 Å². The zero-order valence-corrected chi connectivity index (χ0v) is 13.9. The number of hydrogen-bond donors (Lipinski definition) is 1. The average Bonchev–Trinajstić information content (AvgIpc) is 2.60. The van der Waals surface area contributed by atoms with Gasteiger partial charge in [0.25, 0.3) is 0 Å². The fraction of sp³-hybridized carbons (Fsp3) is 0.500. The van der Waals surface area contributed by atoms with Gasteiger partial charge >= 0.3 is 11.8 Å². The van der Waals surface area contributed by atoms with E-state index in [-0.39, 0.29) is 0 Å². The lowest BCUT2D eigenvalue weighted by molar-refractivity contribution is -0.153. The van der Waals surface area contributed by atoms with Crippen molar-refractivity contribution in [1.82, 2.24) is 9.80 Å². The van der Waals surface area contributed by atoms with Crippen molar-refractivity contribution in [2.45, 2.75) is 32.7 Å². The summed E-state index contributed by atoms with van der Waals surface area (Å²) in [4.78, 5) is 28.3. The van der Waals surface area contributed by atoms with Crippen LogP contribution in [-0.2, 0) is 22.6 Å². The summed E-state index contributed by atoms with van der Waals surface area (Å²) in [5.41, 5.74) is 8.13. The lowest BCUT2D eigenvalue weighted by atomic mass is 9.83. The molecule has 1 atom stereocenters. The highest BCUT2D eigenvalue weighted by Gasteiger charge is 2.37. The molecular formula is C18H22N4O2. The predicted octanol–water partition coefficient (Wildman–Crippen LogP) is 1.31. The summed E-state index contributed by atoms with van der Waals surface area (Å²) in [7, 11) is 0. The Balaban J connectivity index is 1.70. The van der Waals surface area contributed by atoms with Gasteiger partial charge < -0.3 is 15.5 Å². The Kier molecular flexibility index (Phi) is 4.18. The topological polar surface area (TPSA) is 90.4 Å². The Morgan fingerprint density at radius 1 is 1.21 bits per heavy atom. The number of rotatable bonds is 0. The van der Waals surface area contributed by atoms with Crippen LogP contribution in [0.15, 0.2) is 18.2 Å². The summed E-state index contributed by atoms with van der Waals surface area (Å²) in [6, 6.07) is 7.94. The SMILES string of the molecule is CC1(C#N)CCCN(C(=O)C(=O)N2CCc3cc(N)ccc3C2)C1. The van der Waals surface area contributed by atoms with Crippen molar-refractivity contribution in [1.29, 1.82) is 5.26 Å². The number of fused-ring (bicyclic) bond motifs is 1. The maximum absolute atomic E-state index is 12.6. The molecule has 126 valence electrons. The summed E-state index contributed by atoms with van der Waals surface area (Å²) < 4.78 is 0. The van der Waals surface area contributed by atoms with Crippen LogP contribution < -0.4 is 5.73 Å². The number of piperidine rings is 1. The number of benzene rings is 1. The van der Waals surface area contributed by atoms with Crippen LogP contribution in [0.3, 0.4) is 0 Å². The molecule has 0 aromatic heterocycles. The van der Waals surface area contributed by atoms with Gasteiger partial charge in [0.2, 0.25) is 0 Å². The maximum atomic E-state index is 12.6. The summed E-state index contributed by atoms with van der Waals surface area (Å²) in [5.74, 6) is -0.963. The van der Waals surface area contributed by atoms with Crippen molar-refractivity contribution in [3.05, 3.63) is 29.3 Å². The Morgan fingerprint density at radius 3 is 2.71 bits per heavy atom. The van der Waals surface area contributed by atoms with Crippen LogP contribution in [0, 0.1) is 16.7 Å². The molecule has 0 radical (unpaired) electrons. The third kappa shape index (κ3) is 3.07. The lowest BCUT2D eigenvalue weighted by Crippen LogP contribution is -2.51. The number of likely N-dealkylation sites (tertiary alicyclic amines) is 1. The molecule has 1 aromatic carbocycles. The summed E-state index contributed by atoms with van der Waals surface area (Å²) >= 11 is 0. The highest BCUT2D eigenvalue weighted by molar-refractivity contribution is 6.34. The summed E-state index contributed by atoms with van der Waals surface area (Å²) in [6.07, 6.45) is 2.22. The van der Waals surface area contributed by atoms with Gasteiger partial charge in [-0.05, 0) is 49.4 Å². The normalized spacial score (nSPS) is 23.3. The van der Waals surface area contributed by atoms with E-state index in [4.69, 9.17) is 5.73 Å². The molecule has 1 fully saturated rings. The number of amides is 2. The van der Waals surface area contributed by atoms with E-state index in [1.54, 1.807) is 4.90 Å². The Bertz CT molecular complexity index is 724. The fourth-order valence-corrected chi connectivity index (χ4v) is 3.52. The first kappa shape index (κ1) is 16.3. The van der Waals surface area contributed by atoms with Crippen molar-refractivity contribution in [2.75, 3.05) is 25.4 Å². The van der Waals surface area contributed by atoms with Gasteiger partial charge in [-0.3, -0.25) is 9.59 Å². The smallest absolute Gasteiger partial charge is 0.312 e. The molecule has 6 nitrogen and oxygen atoms in total. The standard InChI is InChI=1S/C18H22N4O2/c1-18(11-19)6-2-7-22(12-18)17(24)16(23)21-8-5-13-9-15(20)4-3-14(13)10-21/h3-4,9H,2,5-8,10,12,20H2,1H3. The molecule has 1 saturated heterocycles. The van der Waals surface area contributed by atoms with Crippen molar-refractivity contribution < 1.29 is 9.59 Å². The zero-order chi connectivity index (χ0) is 17.3. The molecule has 1 aromatic rings. The molecule has 6 heteroatoms. The van der Waals surface area contributed by atoms with Crippen molar-refractivity contribution in [3.8, 4) is 6.07 Å². The molecule has 0 bridgehead atoms. The maximum Gasteiger partial charge on any atom is 0.312 e. The second-order valence-corrected chi connectivity index (χ2v) is 7.01. The number of carbonyl (C=O) groups is 2. The van der Waals surface area contributed by atoms with E-state index in [0.29, 0.717) is 38.3 Å². The largest absolute Gasteiger partial charge is 0.399 e. The highest BCUT2D eigenvalue weighted by atomic mass is 16.2. The average molecular weight is 326 g/mol. The second kappa shape index (κ2) is 6.16. The molecule has 0 saturated carbocycles. The highest BCUT2D eigenvalue weighted by Crippen LogP contribution is 2.29. The van der Waals surface area contributed by atoms with Crippen LogP contribution in [0.25, 0.3) is 0 Å². The minimum Gasteiger partial charge on any atom is -0.399 e. The molecule has 2 heterocycles. The Hall–Kier alpha value is -2.55. The van der Waals surface area contributed by atoms with E-state index in [9.17, 15) is 14.9 Å². The molecule has 2 aliphatic heterocycles. The van der Waals surface area contributed by atoms with Gasteiger partial charge in [-0.15, -0.1) is 0 Å². The van der Waals surface area contributed by atoms with E-state index in [1.807, 2.05) is 25.1 Å². The van der Waals surface area contributed by atoms with E-state index in [0.717, 1.165) is 24.0 Å². The van der Waals surface area contributed by atoms with Gasteiger partial charge in [0.15, 0.2) is 0 Å². The number of hydrogen-bond acceptors (Lipinski definition) is 4. The van der Waals surface area contributed by atoms with Gasteiger partial charge in [0, 0.05) is 31.9 Å². The summed E-state index contributed by atoms with van der Waals surface area (Å²) in [6.45, 7) is 3.67. The number of anilines is 1. The Labute approximate surface area is 141 Å². The predicted molar refractivity (Wildman–Crippen MR) is 89.5 cm³/mol. The molecule has 24 heavy (non-hydrogen) atoms. The fourth-order valence-electron chi connectivity index (χ4n) is 3.52. The number of nitriles is 1. The molecule has 2 aliphatic rings. The minimum atomic E-state index is -0.555. The molecule has 3 rings (SSSR count). The van der Waals surface area contributed by atoms with Crippen LogP contribution in [0.5, 0.6) is 0 Å². The van der Waals surface area contributed by atoms with Crippen molar-refractivity contribution >= 4 is 17.5 Å². The van der Waals surface area contributed by atoms with E-state index < -0.39 is 17.2 Å². The first-order valence-corrected chi connectivity index (χ1v) is 8.28. The number of nitrogen functional groups attached to an aromatic ring is 1. The molecule has 0 aliphatic carbocycles. The molecule has 1 unspecified atom stereocenters. The second-order valence-electron chi connectivity index (χ2n) is 7.01. The third-order valence-electron chi connectivity index (χ3n) is 4.97. The molecule has 2 N–H and O–H groups in total. The Morgan fingerprint density at radius 2 is 1.96 bits per heavy atom. The number of nitrogens with zero attached hydrogens (tertiary/aromatic N) is 3. The van der Waals surface area contributed by atoms with Gasteiger partial charge in [-0.1, -0.05) is 6.07 Å². The first-order valence-electron chi connectivity index (χ1n) is 8.28. The van der Waals surface area contributed by atoms with Gasteiger partial charge in [-0.2, -0.15) is 5.26 Å². The van der Waals surface area contributed by atoms with Gasteiger partial charge in [0.05, 0.1) is 11.5 Å². The lowest BCUT2D eigenvalue weighted by Gasteiger charge is -2.37. The minimum absolute atomic E-state index is 0.328. The van der Waals surface area contributed by atoms with E-state index >= 15 is 0 Å². The quantitative estimate of drug-likeness (QED) is 0.575. The van der Waals surface area contributed by atoms with Gasteiger partial charge in [0.1, 0.15) is 0 Å². The molecular weight excluding hydrogens is 304 g/mol. The first-order chi connectivity index (χ1) is 11.4. The van der Waals surface area contributed by atoms with Crippen molar-refractivity contribution in [3.63, 3.8) is 0 Å². The zero-order valence-electron chi connectivity index (χ0n) is 13.9. The van der Waals surface area contributed by atoms with Crippen LogP contribution in [0.1, 0.15) is 30.9 Å². The van der Waals surface area contributed by atoms with Crippen LogP contribution in [0.4, 0.5) is 5.69 Å². The van der Waals surface area contributed by atoms with Crippen molar-refractivity contribution in [2.24, 2.45) is 5.41 Å². The van der Waals surface area contributed by atoms with Crippen LogP contribution in [-0.4, -0.2) is 41.2 Å². The third-order valence-corrected chi connectivity index (χ3v) is 4.97. The van der Waals surface area contributed by atoms with Gasteiger partial charge in [-0.25, -0.2) is 0 Å².